The molecule has 0 aliphatic carbocycles. The molecule has 0 bridgehead atoms. The number of ether oxygens (including phenoxy) is 1. The molecule has 2 aliphatic rings. The lowest BCUT2D eigenvalue weighted by molar-refractivity contribution is -0.125. The van der Waals surface area contributed by atoms with E-state index in [4.69, 9.17) is 9.72 Å². The van der Waals surface area contributed by atoms with Crippen LogP contribution in [0.25, 0.3) is 11.3 Å². The number of carbonyl (C=O) groups excluding carboxylic acids is 3. The molecule has 5 rings (SSSR count). The van der Waals surface area contributed by atoms with Crippen LogP contribution in [0, 0.1) is 0 Å². The molecular formula is C26H25N3O4S. The van der Waals surface area contributed by atoms with Gasteiger partial charge in [-0.2, -0.15) is 0 Å². The lowest BCUT2D eigenvalue weighted by Gasteiger charge is -2.33. The van der Waals surface area contributed by atoms with Gasteiger partial charge in [0.15, 0.2) is 6.10 Å². The van der Waals surface area contributed by atoms with Crippen molar-refractivity contribution in [3.8, 4) is 17.0 Å². The van der Waals surface area contributed by atoms with Gasteiger partial charge in [-0.25, -0.2) is 4.98 Å². The molecule has 3 aromatic rings. The molecule has 0 saturated carbocycles. The van der Waals surface area contributed by atoms with Gasteiger partial charge >= 0.3 is 0 Å². The first-order valence-corrected chi connectivity index (χ1v) is 12.4. The molecule has 3 amide bonds. The Bertz CT molecular complexity index is 1250. The fourth-order valence-corrected chi connectivity index (χ4v) is 5.31. The van der Waals surface area contributed by atoms with Crippen molar-refractivity contribution in [2.24, 2.45) is 0 Å². The molecule has 0 radical (unpaired) electrons. The summed E-state index contributed by atoms with van der Waals surface area (Å²) in [5.74, 6) is -0.0645. The summed E-state index contributed by atoms with van der Waals surface area (Å²) in [6, 6.07) is 12.6. The molecule has 1 unspecified atom stereocenters. The van der Waals surface area contributed by atoms with E-state index in [1.165, 1.54) is 4.90 Å². The van der Waals surface area contributed by atoms with Crippen molar-refractivity contribution < 1.29 is 19.1 Å². The average molecular weight is 476 g/mol. The molecule has 8 heteroatoms. The van der Waals surface area contributed by atoms with Crippen LogP contribution in [-0.2, 0) is 11.2 Å². The Balaban J connectivity index is 1.34. The number of aryl methyl sites for hydroxylation is 1. The highest BCUT2D eigenvalue weighted by atomic mass is 32.1. The topological polar surface area (TPSA) is 79.8 Å². The van der Waals surface area contributed by atoms with Crippen molar-refractivity contribution in [1.82, 2.24) is 9.88 Å². The van der Waals surface area contributed by atoms with Crippen molar-refractivity contribution in [3.05, 3.63) is 64.0 Å². The van der Waals surface area contributed by atoms with E-state index < -0.39 is 6.10 Å². The predicted molar refractivity (Wildman–Crippen MR) is 130 cm³/mol. The number of anilines is 1. The van der Waals surface area contributed by atoms with E-state index in [2.05, 4.69) is 6.92 Å². The second-order valence-corrected chi connectivity index (χ2v) is 9.41. The highest BCUT2D eigenvalue weighted by Crippen LogP contribution is 2.38. The molecule has 2 aliphatic heterocycles. The van der Waals surface area contributed by atoms with E-state index in [0.29, 0.717) is 35.5 Å². The van der Waals surface area contributed by atoms with E-state index in [1.807, 2.05) is 23.6 Å². The zero-order valence-corrected chi connectivity index (χ0v) is 19.9. The Morgan fingerprint density at radius 3 is 2.41 bits per heavy atom. The Hall–Kier alpha value is -3.52. The van der Waals surface area contributed by atoms with Gasteiger partial charge in [-0.05, 0) is 56.5 Å². The number of aromatic nitrogens is 1. The minimum atomic E-state index is -0.604. The number of amides is 3. The van der Waals surface area contributed by atoms with Crippen LogP contribution in [0.5, 0.6) is 5.75 Å². The number of thiazole rings is 1. The van der Waals surface area contributed by atoms with Crippen LogP contribution < -0.4 is 9.64 Å². The quantitative estimate of drug-likeness (QED) is 0.468. The summed E-state index contributed by atoms with van der Waals surface area (Å²) in [4.78, 5) is 46.0. The maximum Gasteiger partial charge on any atom is 0.267 e. The first-order chi connectivity index (χ1) is 16.5. The fourth-order valence-electron chi connectivity index (χ4n) is 4.40. The summed E-state index contributed by atoms with van der Waals surface area (Å²) in [6.45, 7) is 4.47. The molecule has 2 aromatic carbocycles. The van der Waals surface area contributed by atoms with Crippen LogP contribution in [0.2, 0.25) is 0 Å². The standard InChI is InChI=1S/C26H25N3O4S/c1-3-7-23-27-20(15-34-23)17-10-11-22-21(14-17)28(24(30)16(2)33-22)12-6-13-29-25(31)18-8-4-5-9-19(18)26(29)32/h4-5,8-11,14-16H,3,6-7,12-13H2,1-2H3. The minimum Gasteiger partial charge on any atom is -0.479 e. The number of fused-ring (bicyclic) bond motifs is 2. The first kappa shape index (κ1) is 22.3. The molecule has 0 fully saturated rings. The largest absolute Gasteiger partial charge is 0.479 e. The van der Waals surface area contributed by atoms with Gasteiger partial charge in [-0.1, -0.05) is 19.1 Å². The molecule has 34 heavy (non-hydrogen) atoms. The summed E-state index contributed by atoms with van der Waals surface area (Å²) >= 11 is 1.64. The molecule has 1 aromatic heterocycles. The summed E-state index contributed by atoms with van der Waals surface area (Å²) in [5.41, 5.74) is 3.36. The van der Waals surface area contributed by atoms with E-state index in [9.17, 15) is 14.4 Å². The Kier molecular flexibility index (Phi) is 5.91. The molecule has 174 valence electrons. The van der Waals surface area contributed by atoms with E-state index >= 15 is 0 Å². The van der Waals surface area contributed by atoms with Crippen molar-refractivity contribution in [2.75, 3.05) is 18.0 Å². The van der Waals surface area contributed by atoms with Crippen molar-refractivity contribution >= 4 is 34.7 Å². The van der Waals surface area contributed by atoms with Crippen LogP contribution >= 0.6 is 11.3 Å². The van der Waals surface area contributed by atoms with Crippen LogP contribution in [0.4, 0.5) is 5.69 Å². The van der Waals surface area contributed by atoms with Crippen LogP contribution in [0.1, 0.15) is 52.4 Å². The molecular weight excluding hydrogens is 450 g/mol. The number of hydrogen-bond donors (Lipinski definition) is 0. The third kappa shape index (κ3) is 3.88. The third-order valence-corrected chi connectivity index (χ3v) is 7.03. The fraction of sp³-hybridized carbons (Fsp3) is 0.308. The lowest BCUT2D eigenvalue weighted by Crippen LogP contribution is -2.45. The summed E-state index contributed by atoms with van der Waals surface area (Å²) in [6.07, 6.45) is 1.84. The number of benzene rings is 2. The first-order valence-electron chi connectivity index (χ1n) is 11.5. The van der Waals surface area contributed by atoms with Crippen LogP contribution in [0.3, 0.4) is 0 Å². The second-order valence-electron chi connectivity index (χ2n) is 8.47. The van der Waals surface area contributed by atoms with Crippen LogP contribution in [0.15, 0.2) is 47.8 Å². The van der Waals surface area contributed by atoms with Gasteiger partial charge in [-0.3, -0.25) is 19.3 Å². The highest BCUT2D eigenvalue weighted by molar-refractivity contribution is 7.09. The Morgan fingerprint density at radius 1 is 1.00 bits per heavy atom. The summed E-state index contributed by atoms with van der Waals surface area (Å²) < 4.78 is 5.84. The smallest absolute Gasteiger partial charge is 0.267 e. The normalized spacial score (nSPS) is 17.1. The van der Waals surface area contributed by atoms with E-state index in [0.717, 1.165) is 29.1 Å². The highest BCUT2D eigenvalue weighted by Gasteiger charge is 2.36. The van der Waals surface area contributed by atoms with Crippen LogP contribution in [-0.4, -0.2) is 46.8 Å². The van der Waals surface area contributed by atoms with Gasteiger partial charge in [0.2, 0.25) is 0 Å². The second kappa shape index (κ2) is 9.02. The molecule has 0 saturated heterocycles. The predicted octanol–water partition coefficient (Wildman–Crippen LogP) is 4.56. The summed E-state index contributed by atoms with van der Waals surface area (Å²) in [7, 11) is 0. The van der Waals surface area contributed by atoms with Crippen molar-refractivity contribution in [3.63, 3.8) is 0 Å². The number of nitrogens with zero attached hydrogens (tertiary/aromatic N) is 3. The molecule has 0 spiro atoms. The van der Waals surface area contributed by atoms with Gasteiger partial charge in [0.25, 0.3) is 17.7 Å². The van der Waals surface area contributed by atoms with E-state index in [1.54, 1.807) is 47.4 Å². The average Bonchev–Trinajstić information content (AvgIpc) is 3.40. The number of carbonyl (C=O) groups is 3. The van der Waals surface area contributed by atoms with Crippen molar-refractivity contribution in [2.45, 2.75) is 39.2 Å². The summed E-state index contributed by atoms with van der Waals surface area (Å²) in [5, 5.41) is 3.13. The Morgan fingerprint density at radius 2 is 1.71 bits per heavy atom. The van der Waals surface area contributed by atoms with Gasteiger partial charge < -0.3 is 9.64 Å². The third-order valence-electron chi connectivity index (χ3n) is 6.12. The maximum atomic E-state index is 13.0. The van der Waals surface area contributed by atoms with Crippen molar-refractivity contribution in [1.29, 1.82) is 0 Å². The minimum absolute atomic E-state index is 0.142. The number of imide groups is 1. The number of hydrogen-bond acceptors (Lipinski definition) is 6. The van der Waals surface area contributed by atoms with E-state index in [-0.39, 0.29) is 24.3 Å². The number of rotatable bonds is 7. The molecule has 1 atom stereocenters. The zero-order chi connectivity index (χ0) is 23.8. The van der Waals surface area contributed by atoms with Gasteiger partial charge in [0.05, 0.1) is 27.5 Å². The monoisotopic (exact) mass is 475 g/mol. The van der Waals surface area contributed by atoms with Gasteiger partial charge in [-0.15, -0.1) is 11.3 Å². The SMILES string of the molecule is CCCc1nc(-c2ccc3c(c2)N(CCCN2C(=O)c4ccccc4C2=O)C(=O)C(C)O3)cs1. The Labute approximate surface area is 202 Å². The van der Waals surface area contributed by atoms with Gasteiger partial charge in [0.1, 0.15) is 5.75 Å². The molecule has 7 nitrogen and oxygen atoms in total. The van der Waals surface area contributed by atoms with Gasteiger partial charge in [0, 0.05) is 24.0 Å². The lowest BCUT2D eigenvalue weighted by atomic mass is 10.1. The maximum absolute atomic E-state index is 13.0. The molecule has 3 heterocycles. The zero-order valence-electron chi connectivity index (χ0n) is 19.1. The molecule has 0 N–H and O–H groups in total.